The fourth-order valence-corrected chi connectivity index (χ4v) is 4.46. The first-order chi connectivity index (χ1) is 9.99. The van der Waals surface area contributed by atoms with Crippen LogP contribution in [0.25, 0.3) is 0 Å². The maximum Gasteiger partial charge on any atom is 0.244 e. The van der Waals surface area contributed by atoms with Gasteiger partial charge >= 0.3 is 0 Å². The third-order valence-electron chi connectivity index (χ3n) is 4.17. The van der Waals surface area contributed by atoms with E-state index in [1.54, 1.807) is 20.0 Å². The standard InChI is InChI=1S/C14H23N3O3S/c1-10-14(7-13(20-10)8-15-2)21(18,19)16-11-5-6-17(9-11)12-3-4-12/h7,11-12,15-16H,3-6,8-9H2,1-2H3. The van der Waals surface area contributed by atoms with Crippen molar-refractivity contribution in [2.75, 3.05) is 20.1 Å². The summed E-state index contributed by atoms with van der Waals surface area (Å²) in [5.74, 6) is 1.09. The van der Waals surface area contributed by atoms with E-state index in [2.05, 4.69) is 14.9 Å². The molecule has 0 amide bonds. The van der Waals surface area contributed by atoms with Gasteiger partial charge < -0.3 is 9.73 Å². The van der Waals surface area contributed by atoms with Gasteiger partial charge in [-0.1, -0.05) is 0 Å². The molecule has 2 aliphatic rings. The Morgan fingerprint density at radius 2 is 2.14 bits per heavy atom. The number of sulfonamides is 1. The van der Waals surface area contributed by atoms with Crippen molar-refractivity contribution in [3.63, 3.8) is 0 Å². The summed E-state index contributed by atoms with van der Waals surface area (Å²) in [7, 11) is -1.70. The summed E-state index contributed by atoms with van der Waals surface area (Å²) >= 11 is 0. The zero-order valence-electron chi connectivity index (χ0n) is 12.6. The van der Waals surface area contributed by atoms with E-state index in [-0.39, 0.29) is 10.9 Å². The van der Waals surface area contributed by atoms with Gasteiger partial charge in [0.25, 0.3) is 0 Å². The van der Waals surface area contributed by atoms with Crippen molar-refractivity contribution in [2.45, 2.75) is 49.7 Å². The van der Waals surface area contributed by atoms with Gasteiger partial charge in [-0.05, 0) is 33.2 Å². The Labute approximate surface area is 125 Å². The van der Waals surface area contributed by atoms with Gasteiger partial charge in [0.1, 0.15) is 16.4 Å². The van der Waals surface area contributed by atoms with Crippen molar-refractivity contribution < 1.29 is 12.8 Å². The number of nitrogens with zero attached hydrogens (tertiary/aromatic N) is 1. The Hall–Kier alpha value is -0.890. The largest absolute Gasteiger partial charge is 0.464 e. The first-order valence-electron chi connectivity index (χ1n) is 7.50. The normalized spacial score (nSPS) is 23.8. The highest BCUT2D eigenvalue weighted by Gasteiger charge is 2.36. The average Bonchev–Trinajstić information content (AvgIpc) is 3.05. The molecule has 21 heavy (non-hydrogen) atoms. The van der Waals surface area contributed by atoms with Crippen LogP contribution in [0.15, 0.2) is 15.4 Å². The second-order valence-corrected chi connectivity index (χ2v) is 7.68. The molecule has 1 atom stereocenters. The molecule has 0 spiro atoms. The van der Waals surface area contributed by atoms with E-state index in [1.165, 1.54) is 12.8 Å². The summed E-state index contributed by atoms with van der Waals surface area (Å²) in [4.78, 5) is 2.65. The first-order valence-corrected chi connectivity index (χ1v) is 8.98. The summed E-state index contributed by atoms with van der Waals surface area (Å²) in [6.45, 7) is 4.03. The molecule has 0 aromatic carbocycles. The Balaban J connectivity index is 1.68. The fourth-order valence-electron chi connectivity index (χ4n) is 2.99. The number of nitrogens with one attached hydrogen (secondary N) is 2. The van der Waals surface area contributed by atoms with Gasteiger partial charge in [-0.3, -0.25) is 4.90 Å². The van der Waals surface area contributed by atoms with Gasteiger partial charge in [-0.15, -0.1) is 0 Å². The van der Waals surface area contributed by atoms with Crippen LogP contribution in [-0.2, 0) is 16.6 Å². The lowest BCUT2D eigenvalue weighted by Gasteiger charge is -2.15. The Morgan fingerprint density at radius 3 is 2.81 bits per heavy atom. The second kappa shape index (κ2) is 5.72. The smallest absolute Gasteiger partial charge is 0.244 e. The summed E-state index contributed by atoms with van der Waals surface area (Å²) in [6.07, 6.45) is 3.40. The number of rotatable bonds is 6. The van der Waals surface area contributed by atoms with Gasteiger partial charge in [0.05, 0.1) is 6.54 Å². The van der Waals surface area contributed by atoms with Crippen LogP contribution >= 0.6 is 0 Å². The minimum Gasteiger partial charge on any atom is -0.464 e. The summed E-state index contributed by atoms with van der Waals surface area (Å²) < 4.78 is 33.3. The topological polar surface area (TPSA) is 74.6 Å². The van der Waals surface area contributed by atoms with E-state index in [0.717, 1.165) is 19.5 Å². The molecule has 118 valence electrons. The van der Waals surface area contributed by atoms with Crippen LogP contribution in [0.1, 0.15) is 30.8 Å². The zero-order chi connectivity index (χ0) is 15.0. The molecule has 1 saturated carbocycles. The quantitative estimate of drug-likeness (QED) is 0.813. The summed E-state index contributed by atoms with van der Waals surface area (Å²) in [6, 6.07) is 2.32. The molecule has 6 nitrogen and oxygen atoms in total. The highest BCUT2D eigenvalue weighted by Crippen LogP contribution is 2.30. The molecule has 0 radical (unpaired) electrons. The molecule has 1 saturated heterocycles. The van der Waals surface area contributed by atoms with E-state index < -0.39 is 10.0 Å². The first kappa shape index (κ1) is 15.0. The van der Waals surface area contributed by atoms with Crippen molar-refractivity contribution in [1.29, 1.82) is 0 Å². The maximum absolute atomic E-state index is 12.5. The van der Waals surface area contributed by atoms with E-state index >= 15 is 0 Å². The molecule has 7 heteroatoms. The lowest BCUT2D eigenvalue weighted by molar-refractivity contribution is 0.322. The molecule has 2 heterocycles. The third kappa shape index (κ3) is 3.31. The number of furan rings is 1. The maximum atomic E-state index is 12.5. The molecule has 1 aromatic heterocycles. The van der Waals surface area contributed by atoms with Gasteiger partial charge in [0.2, 0.25) is 10.0 Å². The fraction of sp³-hybridized carbons (Fsp3) is 0.714. The minimum atomic E-state index is -3.50. The van der Waals surface area contributed by atoms with Crippen LogP contribution in [0.3, 0.4) is 0 Å². The second-order valence-electron chi connectivity index (χ2n) is 6.00. The molecule has 0 bridgehead atoms. The van der Waals surface area contributed by atoms with Crippen LogP contribution in [0.5, 0.6) is 0 Å². The minimum absolute atomic E-state index is 0.0117. The lowest BCUT2D eigenvalue weighted by Crippen LogP contribution is -2.37. The highest BCUT2D eigenvalue weighted by atomic mass is 32.2. The molecule has 2 N–H and O–H groups in total. The molecule has 2 fully saturated rings. The predicted octanol–water partition coefficient (Wildman–Crippen LogP) is 0.822. The van der Waals surface area contributed by atoms with Gasteiger partial charge in [0, 0.05) is 31.2 Å². The summed E-state index contributed by atoms with van der Waals surface area (Å²) in [5, 5.41) is 2.96. The Morgan fingerprint density at radius 1 is 1.38 bits per heavy atom. The summed E-state index contributed by atoms with van der Waals surface area (Å²) in [5.41, 5.74) is 0. The van der Waals surface area contributed by atoms with E-state index in [1.807, 2.05) is 0 Å². The molecule has 1 unspecified atom stereocenters. The lowest BCUT2D eigenvalue weighted by atomic mass is 10.3. The van der Waals surface area contributed by atoms with E-state index in [4.69, 9.17) is 4.42 Å². The average molecular weight is 313 g/mol. The monoisotopic (exact) mass is 313 g/mol. The van der Waals surface area contributed by atoms with Crippen molar-refractivity contribution in [3.05, 3.63) is 17.6 Å². The third-order valence-corrected chi connectivity index (χ3v) is 5.80. The molecule has 1 aliphatic heterocycles. The molecule has 1 aromatic rings. The predicted molar refractivity (Wildman–Crippen MR) is 79.5 cm³/mol. The van der Waals surface area contributed by atoms with Gasteiger partial charge in [0.15, 0.2) is 0 Å². The van der Waals surface area contributed by atoms with Crippen LogP contribution in [0.2, 0.25) is 0 Å². The van der Waals surface area contributed by atoms with Gasteiger partial charge in [-0.25, -0.2) is 13.1 Å². The van der Waals surface area contributed by atoms with Gasteiger partial charge in [-0.2, -0.15) is 0 Å². The van der Waals surface area contributed by atoms with E-state index in [0.29, 0.717) is 24.1 Å². The van der Waals surface area contributed by atoms with Crippen molar-refractivity contribution in [3.8, 4) is 0 Å². The SMILES string of the molecule is CNCc1cc(S(=O)(=O)NC2CCN(C3CC3)C2)c(C)o1. The van der Waals surface area contributed by atoms with Crippen LogP contribution in [0.4, 0.5) is 0 Å². The Kier molecular flexibility index (Phi) is 4.09. The molecular formula is C14H23N3O3S. The van der Waals surface area contributed by atoms with Crippen molar-refractivity contribution in [1.82, 2.24) is 14.9 Å². The number of likely N-dealkylation sites (tertiary alicyclic amines) is 1. The number of hydrogen-bond donors (Lipinski definition) is 2. The van der Waals surface area contributed by atoms with Crippen LogP contribution in [-0.4, -0.2) is 45.5 Å². The number of aryl methyl sites for hydroxylation is 1. The molecule has 1 aliphatic carbocycles. The van der Waals surface area contributed by atoms with Crippen LogP contribution < -0.4 is 10.0 Å². The molecular weight excluding hydrogens is 290 g/mol. The van der Waals surface area contributed by atoms with Crippen molar-refractivity contribution in [2.24, 2.45) is 0 Å². The number of hydrogen-bond acceptors (Lipinski definition) is 5. The molecule has 3 rings (SSSR count). The highest BCUT2D eigenvalue weighted by molar-refractivity contribution is 7.89. The zero-order valence-corrected chi connectivity index (χ0v) is 13.4. The van der Waals surface area contributed by atoms with E-state index in [9.17, 15) is 8.42 Å². The van der Waals surface area contributed by atoms with Crippen molar-refractivity contribution >= 4 is 10.0 Å². The van der Waals surface area contributed by atoms with Crippen LogP contribution in [0, 0.1) is 6.92 Å². The Bertz CT molecular complexity index is 607.